The van der Waals surface area contributed by atoms with Crippen LogP contribution in [0.1, 0.15) is 31.5 Å². The number of carbonyl (C=O) groups excluding carboxylic acids is 2. The van der Waals surface area contributed by atoms with Gasteiger partial charge in [-0.25, -0.2) is 9.78 Å². The van der Waals surface area contributed by atoms with Crippen LogP contribution in [0.25, 0.3) is 5.70 Å². The smallest absolute Gasteiger partial charge is 0.418 e. The quantitative estimate of drug-likeness (QED) is 0.0695. The molecule has 17 nitrogen and oxygen atoms in total. The minimum atomic E-state index is -5.01. The third-order valence-corrected chi connectivity index (χ3v) is 7.41. The number of aromatic nitrogens is 1. The molecule has 0 bridgehead atoms. The van der Waals surface area contributed by atoms with Crippen molar-refractivity contribution in [1.82, 2.24) is 20.3 Å². The zero-order chi connectivity index (χ0) is 32.8. The number of rotatable bonds is 16. The summed E-state index contributed by atoms with van der Waals surface area (Å²) in [6.07, 6.45) is -0.873. The molecular weight excluding hydrogens is 622 g/mol. The van der Waals surface area contributed by atoms with Gasteiger partial charge in [0.1, 0.15) is 24.1 Å². The molecule has 19 heteroatoms. The van der Waals surface area contributed by atoms with E-state index in [-0.39, 0.29) is 10.8 Å². The Kier molecular flexibility index (Phi) is 10.9. The second-order valence-electron chi connectivity index (χ2n) is 9.98. The van der Waals surface area contributed by atoms with Gasteiger partial charge in [0, 0.05) is 24.7 Å². The normalized spacial score (nSPS) is 16.9. The number of nitrogens with zero attached hydrogens (tertiary/aromatic N) is 4. The SMILES string of the molecule is C=C(c1ccc(OC[C@H](O/N=C(\C(=O)N[C@@H]2C(=O)N(OS(=O)(=O)O)C2(C)C)c2csc(N)n2)C(=O)O)cc1)N(C)CCCN. The minimum absolute atomic E-state index is 0.0584. The standard InChI is InChI=1S/C25H33N7O10S2/c1-14(31(4)11-5-10-26)15-6-8-16(9-7-15)40-12-18(23(35)36)41-30-19(17-13-43-24(27)28-17)21(33)29-20-22(34)32(25(20,2)3)42-44(37,38)39/h6-9,13,18,20H,1,5,10-12,26H2,2-4H3,(H2,27,28)(H,29,33)(H,35,36)(H,37,38,39)/b30-19-/t18-,20+/m0/s1. The maximum atomic E-state index is 13.2. The minimum Gasteiger partial charge on any atom is -0.489 e. The van der Waals surface area contributed by atoms with Gasteiger partial charge in [-0.15, -0.1) is 15.6 Å². The van der Waals surface area contributed by atoms with E-state index in [1.54, 1.807) is 24.3 Å². The Balaban J connectivity index is 1.71. The number of nitrogen functional groups attached to an aromatic ring is 1. The molecule has 7 N–H and O–H groups in total. The zero-order valence-electron chi connectivity index (χ0n) is 24.0. The first-order valence-corrected chi connectivity index (χ1v) is 15.1. The van der Waals surface area contributed by atoms with Crippen LogP contribution in [0.3, 0.4) is 0 Å². The van der Waals surface area contributed by atoms with Crippen molar-refractivity contribution < 1.29 is 46.3 Å². The molecule has 1 aromatic heterocycles. The second-order valence-corrected chi connectivity index (χ2v) is 11.9. The molecule has 2 amide bonds. The number of ether oxygens (including phenoxy) is 1. The summed E-state index contributed by atoms with van der Waals surface area (Å²) in [7, 11) is -3.12. The third-order valence-electron chi connectivity index (χ3n) is 6.39. The van der Waals surface area contributed by atoms with Crippen LogP contribution < -0.4 is 21.5 Å². The van der Waals surface area contributed by atoms with Crippen molar-refractivity contribution in [3.05, 3.63) is 47.5 Å². The summed E-state index contributed by atoms with van der Waals surface area (Å²) in [6, 6.07) is 5.44. The lowest BCUT2D eigenvalue weighted by Crippen LogP contribution is -2.76. The fourth-order valence-electron chi connectivity index (χ4n) is 3.88. The van der Waals surface area contributed by atoms with E-state index in [0.717, 1.165) is 35.6 Å². The molecule has 1 aromatic carbocycles. The third kappa shape index (κ3) is 8.41. The Bertz CT molecular complexity index is 1530. The van der Waals surface area contributed by atoms with Gasteiger partial charge < -0.3 is 36.4 Å². The summed E-state index contributed by atoms with van der Waals surface area (Å²) in [5.74, 6) is -3.14. The number of amides is 2. The van der Waals surface area contributed by atoms with Crippen LogP contribution >= 0.6 is 11.3 Å². The van der Waals surface area contributed by atoms with Gasteiger partial charge in [0.2, 0.25) is 0 Å². The lowest BCUT2D eigenvalue weighted by Gasteiger charge is -2.50. The molecule has 44 heavy (non-hydrogen) atoms. The number of carboxylic acid groups (broad SMARTS) is 1. The summed E-state index contributed by atoms with van der Waals surface area (Å²) in [5, 5.41) is 17.5. The van der Waals surface area contributed by atoms with Crippen molar-refractivity contribution in [3.8, 4) is 5.75 Å². The number of carboxylic acids is 1. The van der Waals surface area contributed by atoms with Crippen LogP contribution in [0.2, 0.25) is 0 Å². The Morgan fingerprint density at radius 1 is 1.32 bits per heavy atom. The van der Waals surface area contributed by atoms with Gasteiger partial charge in [0.15, 0.2) is 10.8 Å². The van der Waals surface area contributed by atoms with Crippen LogP contribution in [-0.4, -0.2) is 101 Å². The molecule has 0 aliphatic carbocycles. The Labute approximate surface area is 257 Å². The predicted molar refractivity (Wildman–Crippen MR) is 158 cm³/mol. The van der Waals surface area contributed by atoms with Crippen molar-refractivity contribution in [3.63, 3.8) is 0 Å². The molecule has 2 heterocycles. The van der Waals surface area contributed by atoms with E-state index in [2.05, 4.69) is 26.3 Å². The van der Waals surface area contributed by atoms with Gasteiger partial charge in [-0.1, -0.05) is 11.7 Å². The number of nitrogens with one attached hydrogen (secondary N) is 1. The maximum absolute atomic E-state index is 13.2. The van der Waals surface area contributed by atoms with Crippen LogP contribution in [0.15, 0.2) is 41.4 Å². The molecule has 0 unspecified atom stereocenters. The fourth-order valence-corrected chi connectivity index (χ4v) is 4.88. The lowest BCUT2D eigenvalue weighted by atomic mass is 9.84. The van der Waals surface area contributed by atoms with Crippen LogP contribution in [0.5, 0.6) is 5.75 Å². The number of oxime groups is 1. The molecule has 240 valence electrons. The summed E-state index contributed by atoms with van der Waals surface area (Å²) in [4.78, 5) is 48.6. The Morgan fingerprint density at radius 3 is 2.50 bits per heavy atom. The number of anilines is 1. The first-order chi connectivity index (χ1) is 20.5. The van der Waals surface area contributed by atoms with E-state index in [1.165, 1.54) is 19.2 Å². The van der Waals surface area contributed by atoms with Gasteiger partial charge in [0.25, 0.3) is 17.9 Å². The molecule has 1 saturated heterocycles. The molecule has 0 saturated carbocycles. The van der Waals surface area contributed by atoms with Gasteiger partial charge in [0.05, 0.1) is 5.54 Å². The highest BCUT2D eigenvalue weighted by molar-refractivity contribution is 7.80. The number of benzene rings is 1. The van der Waals surface area contributed by atoms with Gasteiger partial charge >= 0.3 is 16.4 Å². The monoisotopic (exact) mass is 655 g/mol. The number of β-lactam (4-membered cyclic amide) rings is 1. The predicted octanol–water partition coefficient (Wildman–Crippen LogP) is 0.0695. The highest BCUT2D eigenvalue weighted by Gasteiger charge is 2.58. The molecule has 2 aromatic rings. The number of thiazole rings is 1. The van der Waals surface area contributed by atoms with Gasteiger partial charge in [-0.3, -0.25) is 14.1 Å². The van der Waals surface area contributed by atoms with Crippen LogP contribution in [0, 0.1) is 0 Å². The number of carbonyl (C=O) groups is 3. The Morgan fingerprint density at radius 2 is 1.98 bits per heavy atom. The van der Waals surface area contributed by atoms with Crippen molar-refractivity contribution >= 4 is 56.1 Å². The van der Waals surface area contributed by atoms with Crippen LogP contribution in [-0.2, 0) is 33.9 Å². The van der Waals surface area contributed by atoms with E-state index in [9.17, 15) is 27.9 Å². The number of hydrogen-bond donors (Lipinski definition) is 5. The lowest BCUT2D eigenvalue weighted by molar-refractivity contribution is -0.218. The molecule has 1 aliphatic heterocycles. The average molecular weight is 656 g/mol. The van der Waals surface area contributed by atoms with E-state index >= 15 is 0 Å². The summed E-state index contributed by atoms with van der Waals surface area (Å²) >= 11 is 0.957. The highest BCUT2D eigenvalue weighted by Crippen LogP contribution is 2.33. The van der Waals surface area contributed by atoms with Crippen molar-refractivity contribution in [2.75, 3.05) is 32.5 Å². The van der Waals surface area contributed by atoms with Crippen molar-refractivity contribution in [2.45, 2.75) is 38.0 Å². The van der Waals surface area contributed by atoms with Gasteiger partial charge in [-0.05, 0) is 56.6 Å². The number of hydrogen-bond acceptors (Lipinski definition) is 14. The first-order valence-electron chi connectivity index (χ1n) is 12.9. The van der Waals surface area contributed by atoms with E-state index in [4.69, 9.17) is 25.6 Å². The van der Waals surface area contributed by atoms with Crippen LogP contribution in [0.4, 0.5) is 5.13 Å². The fraction of sp³-hybridized carbons (Fsp3) is 0.400. The summed E-state index contributed by atoms with van der Waals surface area (Å²) < 4.78 is 40.9. The van der Waals surface area contributed by atoms with Crippen molar-refractivity contribution in [1.29, 1.82) is 0 Å². The molecule has 2 atom stereocenters. The molecule has 0 radical (unpaired) electrons. The number of hydroxylamine groups is 2. The molecular formula is C25H33N7O10S2. The molecule has 1 fully saturated rings. The van der Waals surface area contributed by atoms with E-state index < -0.39 is 58.2 Å². The maximum Gasteiger partial charge on any atom is 0.418 e. The van der Waals surface area contributed by atoms with E-state index in [1.807, 2.05) is 11.9 Å². The summed E-state index contributed by atoms with van der Waals surface area (Å²) in [5.41, 5.74) is 10.8. The zero-order valence-corrected chi connectivity index (χ0v) is 25.6. The van der Waals surface area contributed by atoms with Gasteiger partial charge in [-0.2, -0.15) is 13.5 Å². The largest absolute Gasteiger partial charge is 0.489 e. The second kappa shape index (κ2) is 14.0. The molecule has 0 spiro atoms. The first kappa shape index (κ1) is 34.2. The van der Waals surface area contributed by atoms with E-state index in [0.29, 0.717) is 17.4 Å². The highest BCUT2D eigenvalue weighted by atomic mass is 32.3. The number of nitrogens with two attached hydrogens (primary N) is 2. The molecule has 3 rings (SSSR count). The molecule has 1 aliphatic rings. The topological polar surface area (TPSA) is 249 Å². The average Bonchev–Trinajstić information content (AvgIpc) is 3.39. The Hall–Kier alpha value is -4.30. The summed E-state index contributed by atoms with van der Waals surface area (Å²) in [6.45, 7) is 7.57. The van der Waals surface area contributed by atoms with Crippen molar-refractivity contribution in [2.24, 2.45) is 10.9 Å². The number of aliphatic carboxylic acids is 1.